The van der Waals surface area contributed by atoms with Gasteiger partial charge in [-0.25, -0.2) is 0 Å². The maximum absolute atomic E-state index is 5.51. The Balaban J connectivity index is 2.94. The lowest BCUT2D eigenvalue weighted by atomic mass is 10.3. The molecule has 9 heavy (non-hydrogen) atoms. The number of aromatic nitrogens is 1. The number of halogens is 1. The van der Waals surface area contributed by atoms with Crippen molar-refractivity contribution in [2.24, 2.45) is 0 Å². The first-order valence-corrected chi connectivity index (χ1v) is 3.20. The van der Waals surface area contributed by atoms with Crippen molar-refractivity contribution in [3.8, 4) is 0 Å². The van der Waals surface area contributed by atoms with E-state index in [2.05, 4.69) is 11.9 Å². The van der Waals surface area contributed by atoms with Crippen molar-refractivity contribution in [2.45, 2.75) is 5.88 Å². The highest BCUT2D eigenvalue weighted by atomic mass is 35.5. The Morgan fingerprint density at radius 1 is 1.56 bits per heavy atom. The van der Waals surface area contributed by atoms with E-state index in [9.17, 15) is 0 Å². The largest absolute Gasteiger partial charge is 0.257 e. The molecule has 0 aromatic carbocycles. The van der Waals surface area contributed by atoms with Gasteiger partial charge in [0.05, 0.1) is 11.6 Å². The van der Waals surface area contributed by atoms with Crippen molar-refractivity contribution in [3.05, 3.63) is 36.5 Å². The van der Waals surface area contributed by atoms with Gasteiger partial charge in [-0.1, -0.05) is 6.07 Å². The van der Waals surface area contributed by atoms with Gasteiger partial charge in [-0.3, -0.25) is 4.98 Å². The number of rotatable bonds is 1. The fraction of sp³-hybridized carbons (Fsp3) is 0.143. The van der Waals surface area contributed by atoms with Crippen LogP contribution in [0, 0.1) is 6.92 Å². The Bertz CT molecular complexity index is 198. The zero-order chi connectivity index (χ0) is 6.69. The molecule has 1 radical (unpaired) electrons. The van der Waals surface area contributed by atoms with Gasteiger partial charge in [-0.05, 0) is 19.1 Å². The third-order valence-electron chi connectivity index (χ3n) is 1.00. The zero-order valence-corrected chi connectivity index (χ0v) is 5.73. The van der Waals surface area contributed by atoms with Gasteiger partial charge < -0.3 is 0 Å². The minimum Gasteiger partial charge on any atom is -0.257 e. The second-order valence-corrected chi connectivity index (χ2v) is 2.02. The maximum atomic E-state index is 5.51. The molecule has 0 spiro atoms. The first-order valence-electron chi connectivity index (χ1n) is 2.67. The van der Waals surface area contributed by atoms with Crippen molar-refractivity contribution < 1.29 is 0 Å². The summed E-state index contributed by atoms with van der Waals surface area (Å²) in [7, 11) is 0. The lowest BCUT2D eigenvalue weighted by Crippen LogP contribution is -1.85. The molecule has 1 aromatic heterocycles. The van der Waals surface area contributed by atoms with Crippen molar-refractivity contribution in [2.75, 3.05) is 0 Å². The molecule has 0 saturated heterocycles. The fourth-order valence-corrected chi connectivity index (χ4v) is 0.753. The number of hydrogen-bond donors (Lipinski definition) is 0. The van der Waals surface area contributed by atoms with Crippen molar-refractivity contribution in [3.63, 3.8) is 0 Å². The number of pyridine rings is 1. The highest BCUT2D eigenvalue weighted by Crippen LogP contribution is 2.00. The van der Waals surface area contributed by atoms with Crippen LogP contribution in [0.4, 0.5) is 0 Å². The molecule has 0 bridgehead atoms. The summed E-state index contributed by atoms with van der Waals surface area (Å²) in [4.78, 5) is 4.05. The van der Waals surface area contributed by atoms with Crippen LogP contribution in [0.25, 0.3) is 0 Å². The summed E-state index contributed by atoms with van der Waals surface area (Å²) in [5.74, 6) is 0.462. The van der Waals surface area contributed by atoms with Crippen LogP contribution >= 0.6 is 11.6 Å². The predicted octanol–water partition coefficient (Wildman–Crippen LogP) is 2.00. The summed E-state index contributed by atoms with van der Waals surface area (Å²) in [6.45, 7) is 3.66. The molecule has 2 heteroatoms. The molecule has 0 unspecified atom stereocenters. The average molecular weight is 141 g/mol. The first-order chi connectivity index (χ1) is 4.33. The maximum Gasteiger partial charge on any atom is 0.0647 e. The molecule has 47 valence electrons. The minimum atomic E-state index is 0.462. The van der Waals surface area contributed by atoms with E-state index in [0.717, 1.165) is 11.4 Å². The Labute approximate surface area is 59.7 Å². The SMILES string of the molecule is [CH2]c1cccc(CCl)n1. The van der Waals surface area contributed by atoms with Crippen LogP contribution in [0.1, 0.15) is 11.4 Å². The Morgan fingerprint density at radius 3 is 2.78 bits per heavy atom. The van der Waals surface area contributed by atoms with Gasteiger partial charge in [0.2, 0.25) is 0 Å². The molecule has 1 nitrogen and oxygen atoms in total. The van der Waals surface area contributed by atoms with Crippen LogP contribution in [0.15, 0.2) is 18.2 Å². The van der Waals surface area contributed by atoms with E-state index in [1.165, 1.54) is 0 Å². The van der Waals surface area contributed by atoms with Crippen molar-refractivity contribution >= 4 is 11.6 Å². The Hall–Kier alpha value is -0.560. The molecule has 0 aliphatic carbocycles. The summed E-state index contributed by atoms with van der Waals surface area (Å²) >= 11 is 5.51. The standard InChI is InChI=1S/C7H7ClN/c1-6-3-2-4-7(5-8)9-6/h2-4H,1,5H2. The number of hydrogen-bond acceptors (Lipinski definition) is 1. The molecule has 1 heterocycles. The molecular formula is C7H7ClN. The molecule has 0 fully saturated rings. The lowest BCUT2D eigenvalue weighted by molar-refractivity contribution is 1.14. The number of nitrogens with zero attached hydrogens (tertiary/aromatic N) is 1. The monoisotopic (exact) mass is 140 g/mol. The smallest absolute Gasteiger partial charge is 0.0647 e. The van der Waals surface area contributed by atoms with Crippen LogP contribution in [0.3, 0.4) is 0 Å². The van der Waals surface area contributed by atoms with Gasteiger partial charge in [0.25, 0.3) is 0 Å². The molecule has 0 aliphatic heterocycles. The molecule has 0 saturated carbocycles. The number of alkyl halides is 1. The van der Waals surface area contributed by atoms with Crippen LogP contribution in [-0.4, -0.2) is 4.98 Å². The highest BCUT2D eigenvalue weighted by molar-refractivity contribution is 6.16. The quantitative estimate of drug-likeness (QED) is 0.544. The highest BCUT2D eigenvalue weighted by Gasteiger charge is 1.88. The third kappa shape index (κ3) is 1.68. The van der Waals surface area contributed by atoms with E-state index >= 15 is 0 Å². The van der Waals surface area contributed by atoms with Crippen LogP contribution in [0.2, 0.25) is 0 Å². The van der Waals surface area contributed by atoms with E-state index in [-0.39, 0.29) is 0 Å². The lowest BCUT2D eigenvalue weighted by Gasteiger charge is -1.93. The molecule has 0 atom stereocenters. The molecule has 0 aliphatic rings. The average Bonchev–Trinajstić information content (AvgIpc) is 1.88. The summed E-state index contributed by atoms with van der Waals surface area (Å²) in [5, 5.41) is 0. The molecule has 0 amide bonds. The van der Waals surface area contributed by atoms with Crippen LogP contribution in [-0.2, 0) is 5.88 Å². The van der Waals surface area contributed by atoms with Gasteiger partial charge in [0, 0.05) is 5.69 Å². The van der Waals surface area contributed by atoms with E-state index < -0.39 is 0 Å². The fourth-order valence-electron chi connectivity index (χ4n) is 0.604. The Kier molecular flexibility index (Phi) is 2.06. The zero-order valence-electron chi connectivity index (χ0n) is 4.97. The molecular weight excluding hydrogens is 134 g/mol. The third-order valence-corrected chi connectivity index (χ3v) is 1.28. The molecule has 0 N–H and O–H groups in total. The summed E-state index contributed by atoms with van der Waals surface area (Å²) < 4.78 is 0. The Morgan fingerprint density at radius 2 is 2.33 bits per heavy atom. The van der Waals surface area contributed by atoms with Gasteiger partial charge in [0.15, 0.2) is 0 Å². The second-order valence-electron chi connectivity index (χ2n) is 1.75. The summed E-state index contributed by atoms with van der Waals surface area (Å²) in [6.07, 6.45) is 0. The van der Waals surface area contributed by atoms with E-state index in [1.807, 2.05) is 18.2 Å². The normalized spacial score (nSPS) is 9.56. The second kappa shape index (κ2) is 2.83. The molecule has 1 rings (SSSR count). The minimum absolute atomic E-state index is 0.462. The summed E-state index contributed by atoms with van der Waals surface area (Å²) in [5.41, 5.74) is 1.65. The van der Waals surface area contributed by atoms with Crippen molar-refractivity contribution in [1.82, 2.24) is 4.98 Å². The van der Waals surface area contributed by atoms with Gasteiger partial charge in [-0.15, -0.1) is 11.6 Å². The molecule has 1 aromatic rings. The van der Waals surface area contributed by atoms with E-state index in [0.29, 0.717) is 5.88 Å². The van der Waals surface area contributed by atoms with Gasteiger partial charge in [0.1, 0.15) is 0 Å². The van der Waals surface area contributed by atoms with Crippen LogP contribution < -0.4 is 0 Å². The topological polar surface area (TPSA) is 12.9 Å². The first kappa shape index (κ1) is 6.56. The predicted molar refractivity (Wildman–Crippen MR) is 38.3 cm³/mol. The van der Waals surface area contributed by atoms with Gasteiger partial charge >= 0.3 is 0 Å². The van der Waals surface area contributed by atoms with Gasteiger partial charge in [-0.2, -0.15) is 0 Å². The van der Waals surface area contributed by atoms with Crippen molar-refractivity contribution in [1.29, 1.82) is 0 Å². The van der Waals surface area contributed by atoms with Crippen LogP contribution in [0.5, 0.6) is 0 Å². The summed E-state index contributed by atoms with van der Waals surface area (Å²) in [6, 6.07) is 5.62. The van der Waals surface area contributed by atoms with E-state index in [4.69, 9.17) is 11.6 Å². The van der Waals surface area contributed by atoms with E-state index in [1.54, 1.807) is 0 Å².